The smallest absolute Gasteiger partial charge is 0.262 e. The first-order chi connectivity index (χ1) is 16.5. The molecule has 1 N–H and O–H groups in total. The second-order valence-corrected chi connectivity index (χ2v) is 10.9. The van der Waals surface area contributed by atoms with Crippen LogP contribution in [0.1, 0.15) is 12.8 Å². The highest BCUT2D eigenvalue weighted by molar-refractivity contribution is 7.89. The van der Waals surface area contributed by atoms with Gasteiger partial charge in [0, 0.05) is 18.8 Å². The Morgan fingerprint density at radius 3 is 2.44 bits per heavy atom. The van der Waals surface area contributed by atoms with Crippen LogP contribution < -0.4 is 10.1 Å². The minimum atomic E-state index is -3.48. The molecule has 34 heavy (non-hydrogen) atoms. The summed E-state index contributed by atoms with van der Waals surface area (Å²) in [7, 11) is -3.48. The molecule has 9 heteroatoms. The van der Waals surface area contributed by atoms with E-state index in [1.807, 2.05) is 48.5 Å². The van der Waals surface area contributed by atoms with Gasteiger partial charge in [0.25, 0.3) is 5.91 Å². The van der Waals surface area contributed by atoms with Crippen LogP contribution in [-0.2, 0) is 14.8 Å². The fraction of sp³-hybridized carbons (Fsp3) is 0.200. The molecule has 7 nitrogen and oxygen atoms in total. The molecule has 1 aromatic heterocycles. The summed E-state index contributed by atoms with van der Waals surface area (Å²) in [4.78, 5) is 17.4. The summed E-state index contributed by atoms with van der Waals surface area (Å²) in [5, 5.41) is 3.58. The van der Waals surface area contributed by atoms with Crippen molar-refractivity contribution in [3.8, 4) is 16.3 Å². The largest absolute Gasteiger partial charge is 0.483 e. The van der Waals surface area contributed by atoms with Gasteiger partial charge in [-0.25, -0.2) is 13.4 Å². The number of rotatable bonds is 7. The number of carbonyl (C=O) groups excluding carboxylic acids is 1. The molecule has 1 fully saturated rings. The first-order valence-corrected chi connectivity index (χ1v) is 13.2. The van der Waals surface area contributed by atoms with Crippen molar-refractivity contribution < 1.29 is 17.9 Å². The Labute approximate surface area is 202 Å². The van der Waals surface area contributed by atoms with Crippen LogP contribution in [-0.4, -0.2) is 43.3 Å². The van der Waals surface area contributed by atoms with Crippen LogP contribution in [0.5, 0.6) is 5.75 Å². The third-order valence-corrected chi connectivity index (χ3v) is 8.59. The summed E-state index contributed by atoms with van der Waals surface area (Å²) >= 11 is 1.57. The number of aromatic nitrogens is 1. The highest BCUT2D eigenvalue weighted by atomic mass is 32.2. The summed E-state index contributed by atoms with van der Waals surface area (Å²) in [6, 6.07) is 21.6. The molecule has 3 aromatic carbocycles. The van der Waals surface area contributed by atoms with Gasteiger partial charge in [-0.15, -0.1) is 11.3 Å². The number of carbonyl (C=O) groups is 1. The molecule has 0 saturated carbocycles. The maximum Gasteiger partial charge on any atom is 0.262 e. The molecule has 0 radical (unpaired) electrons. The van der Waals surface area contributed by atoms with Gasteiger partial charge >= 0.3 is 0 Å². The number of benzene rings is 3. The lowest BCUT2D eigenvalue weighted by Crippen LogP contribution is -2.27. The van der Waals surface area contributed by atoms with E-state index in [9.17, 15) is 13.2 Å². The zero-order chi connectivity index (χ0) is 23.5. The first kappa shape index (κ1) is 22.5. The topological polar surface area (TPSA) is 88.6 Å². The van der Waals surface area contributed by atoms with Gasteiger partial charge in [0.1, 0.15) is 10.8 Å². The Morgan fingerprint density at radius 1 is 0.971 bits per heavy atom. The predicted molar refractivity (Wildman–Crippen MR) is 134 cm³/mol. The SMILES string of the molecule is O=C(COc1ccccc1-c1nc2ccccc2s1)Nc1ccc(S(=O)(=O)N2CCCC2)cc1. The number of nitrogens with zero attached hydrogens (tertiary/aromatic N) is 2. The van der Waals surface area contributed by atoms with E-state index in [2.05, 4.69) is 10.3 Å². The van der Waals surface area contributed by atoms with E-state index >= 15 is 0 Å². The lowest BCUT2D eigenvalue weighted by atomic mass is 10.2. The van der Waals surface area contributed by atoms with Gasteiger partial charge in [-0.05, 0) is 61.4 Å². The number of fused-ring (bicyclic) bond motifs is 1. The first-order valence-electron chi connectivity index (χ1n) is 11.0. The normalized spacial score (nSPS) is 14.4. The summed E-state index contributed by atoms with van der Waals surface area (Å²) in [5.74, 6) is 0.234. The third-order valence-electron chi connectivity index (χ3n) is 5.61. The molecule has 1 aliphatic rings. The maximum atomic E-state index is 12.6. The summed E-state index contributed by atoms with van der Waals surface area (Å²) in [6.07, 6.45) is 1.77. The Balaban J connectivity index is 1.24. The third kappa shape index (κ3) is 4.68. The number of amides is 1. The van der Waals surface area contributed by atoms with Gasteiger partial charge in [0.2, 0.25) is 10.0 Å². The van der Waals surface area contributed by atoms with Crippen molar-refractivity contribution >= 4 is 43.2 Å². The second kappa shape index (κ2) is 9.54. The Kier molecular flexibility index (Phi) is 6.32. The standard InChI is InChI=1S/C25H23N3O4S2/c29-24(26-18-11-13-19(14-12-18)34(30,31)28-15-5-6-16-28)17-32-22-9-3-1-7-20(22)25-27-21-8-2-4-10-23(21)33-25/h1-4,7-14H,5-6,15-17H2,(H,26,29). The van der Waals surface area contributed by atoms with Crippen molar-refractivity contribution in [2.24, 2.45) is 0 Å². The molecule has 2 heterocycles. The maximum absolute atomic E-state index is 12.6. The summed E-state index contributed by atoms with van der Waals surface area (Å²) in [6.45, 7) is 0.920. The van der Waals surface area contributed by atoms with Crippen molar-refractivity contribution in [2.45, 2.75) is 17.7 Å². The number of ether oxygens (including phenoxy) is 1. The van der Waals surface area contributed by atoms with E-state index in [1.165, 1.54) is 16.4 Å². The van der Waals surface area contributed by atoms with Gasteiger partial charge in [-0.2, -0.15) is 4.31 Å². The number of thiazole rings is 1. The molecule has 1 amide bonds. The number of nitrogens with one attached hydrogen (secondary N) is 1. The highest BCUT2D eigenvalue weighted by Crippen LogP contribution is 2.35. The van der Waals surface area contributed by atoms with E-state index < -0.39 is 10.0 Å². The monoisotopic (exact) mass is 493 g/mol. The molecule has 1 aliphatic heterocycles. The zero-order valence-electron chi connectivity index (χ0n) is 18.3. The Hall–Kier alpha value is -3.27. The second-order valence-electron chi connectivity index (χ2n) is 7.96. The highest BCUT2D eigenvalue weighted by Gasteiger charge is 2.27. The van der Waals surface area contributed by atoms with Gasteiger partial charge in [0.05, 0.1) is 20.7 Å². The molecule has 174 valence electrons. The molecule has 0 unspecified atom stereocenters. The van der Waals surface area contributed by atoms with Crippen LogP contribution in [0.25, 0.3) is 20.8 Å². The fourth-order valence-electron chi connectivity index (χ4n) is 3.88. The lowest BCUT2D eigenvalue weighted by Gasteiger charge is -2.15. The molecule has 0 spiro atoms. The van der Waals surface area contributed by atoms with E-state index in [4.69, 9.17) is 4.74 Å². The van der Waals surface area contributed by atoms with Gasteiger partial charge in [0.15, 0.2) is 6.61 Å². The van der Waals surface area contributed by atoms with Crippen molar-refractivity contribution in [2.75, 3.05) is 25.0 Å². The molecule has 5 rings (SSSR count). The van der Waals surface area contributed by atoms with Crippen LogP contribution >= 0.6 is 11.3 Å². The molecule has 4 aromatic rings. The predicted octanol–water partition coefficient (Wildman–Crippen LogP) is 4.77. The molecule has 0 bridgehead atoms. The minimum absolute atomic E-state index is 0.185. The number of hydrogen-bond acceptors (Lipinski definition) is 6. The van der Waals surface area contributed by atoms with Crippen LogP contribution in [0.15, 0.2) is 77.7 Å². The summed E-state index contributed by atoms with van der Waals surface area (Å²) in [5.41, 5.74) is 2.26. The number of anilines is 1. The molecular weight excluding hydrogens is 470 g/mol. The average Bonchev–Trinajstić information content (AvgIpc) is 3.54. The number of hydrogen-bond donors (Lipinski definition) is 1. The van der Waals surface area contributed by atoms with Crippen LogP contribution in [0.2, 0.25) is 0 Å². The molecular formula is C25H23N3O4S2. The van der Waals surface area contributed by atoms with Crippen molar-refractivity contribution in [1.29, 1.82) is 0 Å². The quantitative estimate of drug-likeness (QED) is 0.401. The van der Waals surface area contributed by atoms with E-state index in [1.54, 1.807) is 23.5 Å². The van der Waals surface area contributed by atoms with E-state index in [-0.39, 0.29) is 17.4 Å². The minimum Gasteiger partial charge on any atom is -0.483 e. The number of para-hydroxylation sites is 2. The van der Waals surface area contributed by atoms with Gasteiger partial charge < -0.3 is 10.1 Å². The van der Waals surface area contributed by atoms with Crippen LogP contribution in [0.3, 0.4) is 0 Å². The average molecular weight is 494 g/mol. The van der Waals surface area contributed by atoms with Gasteiger partial charge in [-0.1, -0.05) is 24.3 Å². The van der Waals surface area contributed by atoms with Crippen molar-refractivity contribution in [3.05, 3.63) is 72.8 Å². The summed E-state index contributed by atoms with van der Waals surface area (Å²) < 4.78 is 33.7. The lowest BCUT2D eigenvalue weighted by molar-refractivity contribution is -0.118. The zero-order valence-corrected chi connectivity index (χ0v) is 19.9. The van der Waals surface area contributed by atoms with Crippen molar-refractivity contribution in [3.63, 3.8) is 0 Å². The van der Waals surface area contributed by atoms with Crippen molar-refractivity contribution in [1.82, 2.24) is 9.29 Å². The van der Waals surface area contributed by atoms with Gasteiger partial charge in [-0.3, -0.25) is 4.79 Å². The van der Waals surface area contributed by atoms with Crippen LogP contribution in [0.4, 0.5) is 5.69 Å². The van der Waals surface area contributed by atoms with E-state index in [0.717, 1.165) is 33.6 Å². The fourth-order valence-corrected chi connectivity index (χ4v) is 6.40. The van der Waals surface area contributed by atoms with E-state index in [0.29, 0.717) is 24.5 Å². The molecule has 1 saturated heterocycles. The van der Waals surface area contributed by atoms with Crippen LogP contribution in [0, 0.1) is 0 Å². The number of sulfonamides is 1. The molecule has 0 atom stereocenters. The molecule has 0 aliphatic carbocycles. The Bertz CT molecular complexity index is 1390. The Morgan fingerprint density at radius 2 is 1.68 bits per heavy atom.